The molecule has 0 spiro atoms. The van der Waals surface area contributed by atoms with Gasteiger partial charge in [-0.05, 0) is 37.5 Å². The first-order valence-corrected chi connectivity index (χ1v) is 6.88. The first kappa shape index (κ1) is 14.9. The molecule has 0 atom stereocenters. The minimum atomic E-state index is -1.12. The summed E-state index contributed by atoms with van der Waals surface area (Å²) in [5.41, 5.74) is -0.588. The number of carbonyl (C=O) groups excluding carboxylic acids is 1. The molecule has 1 aromatic carbocycles. The van der Waals surface area contributed by atoms with E-state index in [1.807, 2.05) is 0 Å². The highest BCUT2D eigenvalue weighted by molar-refractivity contribution is 6.37. The van der Waals surface area contributed by atoms with Crippen molar-refractivity contribution in [2.75, 3.05) is 0 Å². The van der Waals surface area contributed by atoms with Gasteiger partial charge < -0.3 is 10.4 Å². The number of hydrogen-bond acceptors (Lipinski definition) is 2. The summed E-state index contributed by atoms with van der Waals surface area (Å²) in [7, 11) is 0. The SMILES string of the molecule is O=C(/C=C/c1c(Cl)cccc1Cl)NC1(C(=O)O)CCC1. The molecule has 0 unspecified atom stereocenters. The Morgan fingerprint density at radius 3 is 2.30 bits per heavy atom. The van der Waals surface area contributed by atoms with Crippen molar-refractivity contribution in [3.63, 3.8) is 0 Å². The second-order valence-electron chi connectivity index (χ2n) is 4.70. The van der Waals surface area contributed by atoms with Crippen molar-refractivity contribution in [3.8, 4) is 0 Å². The lowest BCUT2D eigenvalue weighted by atomic mass is 9.77. The maximum atomic E-state index is 11.8. The van der Waals surface area contributed by atoms with Crippen LogP contribution in [0.2, 0.25) is 10.0 Å². The molecule has 2 N–H and O–H groups in total. The second-order valence-corrected chi connectivity index (χ2v) is 5.51. The highest BCUT2D eigenvalue weighted by Crippen LogP contribution is 2.32. The summed E-state index contributed by atoms with van der Waals surface area (Å²) in [6, 6.07) is 5.03. The fraction of sp³-hybridized carbons (Fsp3) is 0.286. The Hall–Kier alpha value is -1.52. The van der Waals surface area contributed by atoms with Gasteiger partial charge in [-0.2, -0.15) is 0 Å². The summed E-state index contributed by atoms with van der Waals surface area (Å²) in [6.07, 6.45) is 4.43. The standard InChI is InChI=1S/C14H13Cl2NO3/c15-10-3-1-4-11(16)9(10)5-6-12(18)17-14(13(19)20)7-2-8-14/h1,3-6H,2,7-8H2,(H,17,18)(H,19,20)/b6-5+. The van der Waals surface area contributed by atoms with Gasteiger partial charge in [0.15, 0.2) is 0 Å². The van der Waals surface area contributed by atoms with E-state index < -0.39 is 17.4 Å². The molecule has 1 saturated carbocycles. The summed E-state index contributed by atoms with van der Waals surface area (Å²) in [5, 5.41) is 12.5. The van der Waals surface area contributed by atoms with E-state index in [0.717, 1.165) is 6.42 Å². The van der Waals surface area contributed by atoms with Crippen LogP contribution < -0.4 is 5.32 Å². The van der Waals surface area contributed by atoms with E-state index in [1.165, 1.54) is 12.2 Å². The maximum Gasteiger partial charge on any atom is 0.329 e. The molecule has 1 aliphatic carbocycles. The van der Waals surface area contributed by atoms with Crippen molar-refractivity contribution in [1.82, 2.24) is 5.32 Å². The number of carboxylic acids is 1. The third-order valence-corrected chi connectivity index (χ3v) is 4.04. The van der Waals surface area contributed by atoms with Gasteiger partial charge in [0, 0.05) is 21.7 Å². The van der Waals surface area contributed by atoms with E-state index in [9.17, 15) is 9.59 Å². The van der Waals surface area contributed by atoms with Crippen LogP contribution in [0.3, 0.4) is 0 Å². The number of aliphatic carboxylic acids is 1. The number of rotatable bonds is 4. The molecule has 20 heavy (non-hydrogen) atoms. The van der Waals surface area contributed by atoms with E-state index in [1.54, 1.807) is 18.2 Å². The van der Waals surface area contributed by atoms with E-state index >= 15 is 0 Å². The highest BCUT2D eigenvalue weighted by Gasteiger charge is 2.45. The molecule has 1 aliphatic rings. The number of amides is 1. The molecule has 1 fully saturated rings. The number of hydrogen-bond donors (Lipinski definition) is 2. The van der Waals surface area contributed by atoms with Crippen molar-refractivity contribution >= 4 is 41.2 Å². The number of benzene rings is 1. The van der Waals surface area contributed by atoms with Gasteiger partial charge in [-0.25, -0.2) is 4.79 Å². The molecule has 0 radical (unpaired) electrons. The van der Waals surface area contributed by atoms with Gasteiger partial charge in [0.2, 0.25) is 5.91 Å². The fourth-order valence-corrected chi connectivity index (χ4v) is 2.55. The summed E-state index contributed by atoms with van der Waals surface area (Å²) >= 11 is 11.9. The average molecular weight is 314 g/mol. The summed E-state index contributed by atoms with van der Waals surface area (Å²) in [6.45, 7) is 0. The molecular formula is C14H13Cl2NO3. The van der Waals surface area contributed by atoms with Crippen LogP contribution in [0, 0.1) is 0 Å². The van der Waals surface area contributed by atoms with Crippen LogP contribution in [0.25, 0.3) is 6.08 Å². The number of carboxylic acid groups (broad SMARTS) is 1. The van der Waals surface area contributed by atoms with Gasteiger partial charge in [-0.3, -0.25) is 4.79 Å². The summed E-state index contributed by atoms with van der Waals surface area (Å²) < 4.78 is 0. The average Bonchev–Trinajstić information content (AvgIpc) is 2.32. The molecule has 0 aromatic heterocycles. The Morgan fingerprint density at radius 1 is 1.25 bits per heavy atom. The van der Waals surface area contributed by atoms with E-state index in [4.69, 9.17) is 28.3 Å². The molecule has 1 amide bonds. The molecule has 4 nitrogen and oxygen atoms in total. The first-order valence-electron chi connectivity index (χ1n) is 6.12. The predicted octanol–water partition coefficient (Wildman–Crippen LogP) is 3.13. The van der Waals surface area contributed by atoms with Gasteiger partial charge >= 0.3 is 5.97 Å². The largest absolute Gasteiger partial charge is 0.480 e. The zero-order valence-electron chi connectivity index (χ0n) is 10.5. The number of nitrogens with one attached hydrogen (secondary N) is 1. The molecule has 2 rings (SSSR count). The Balaban J connectivity index is 2.08. The maximum absolute atomic E-state index is 11.8. The predicted molar refractivity (Wildman–Crippen MR) is 77.9 cm³/mol. The minimum absolute atomic E-state index is 0.429. The lowest BCUT2D eigenvalue weighted by Gasteiger charge is -2.37. The second kappa shape index (κ2) is 5.85. The van der Waals surface area contributed by atoms with Crippen LogP contribution in [-0.2, 0) is 9.59 Å². The summed E-state index contributed by atoms with van der Waals surface area (Å²) in [4.78, 5) is 22.9. The van der Waals surface area contributed by atoms with Crippen LogP contribution in [0.1, 0.15) is 24.8 Å². The van der Waals surface area contributed by atoms with Crippen molar-refractivity contribution in [3.05, 3.63) is 39.9 Å². The Kier molecular flexibility index (Phi) is 4.35. The van der Waals surface area contributed by atoms with E-state index in [2.05, 4.69) is 5.32 Å². The van der Waals surface area contributed by atoms with Crippen molar-refractivity contribution in [1.29, 1.82) is 0 Å². The lowest BCUT2D eigenvalue weighted by molar-refractivity contribution is -0.151. The molecule has 0 aliphatic heterocycles. The molecule has 0 saturated heterocycles. The molecular weight excluding hydrogens is 301 g/mol. The third-order valence-electron chi connectivity index (χ3n) is 3.38. The van der Waals surface area contributed by atoms with Gasteiger partial charge in [-0.1, -0.05) is 29.3 Å². The highest BCUT2D eigenvalue weighted by atomic mass is 35.5. The monoisotopic (exact) mass is 313 g/mol. The normalized spacial score (nSPS) is 16.7. The zero-order chi connectivity index (χ0) is 14.8. The van der Waals surface area contributed by atoms with Crippen LogP contribution in [0.5, 0.6) is 0 Å². The van der Waals surface area contributed by atoms with Gasteiger partial charge in [0.05, 0.1) is 0 Å². The quantitative estimate of drug-likeness (QED) is 0.839. The first-order chi connectivity index (χ1) is 9.44. The van der Waals surface area contributed by atoms with Gasteiger partial charge in [-0.15, -0.1) is 0 Å². The Morgan fingerprint density at radius 2 is 1.85 bits per heavy atom. The van der Waals surface area contributed by atoms with Gasteiger partial charge in [0.25, 0.3) is 0 Å². The zero-order valence-corrected chi connectivity index (χ0v) is 12.0. The third kappa shape index (κ3) is 2.97. The Labute approximate surface area is 126 Å². The number of halogens is 2. The van der Waals surface area contributed by atoms with Crippen LogP contribution in [-0.4, -0.2) is 22.5 Å². The minimum Gasteiger partial charge on any atom is -0.480 e. The van der Waals surface area contributed by atoms with E-state index in [-0.39, 0.29) is 0 Å². The van der Waals surface area contributed by atoms with Crippen LogP contribution >= 0.6 is 23.2 Å². The van der Waals surface area contributed by atoms with E-state index in [0.29, 0.717) is 28.5 Å². The molecule has 0 heterocycles. The molecule has 0 bridgehead atoms. The van der Waals surface area contributed by atoms with Crippen LogP contribution in [0.15, 0.2) is 24.3 Å². The van der Waals surface area contributed by atoms with Crippen molar-refractivity contribution in [2.45, 2.75) is 24.8 Å². The summed E-state index contributed by atoms with van der Waals surface area (Å²) in [5.74, 6) is -1.47. The van der Waals surface area contributed by atoms with Crippen LogP contribution in [0.4, 0.5) is 0 Å². The molecule has 1 aromatic rings. The van der Waals surface area contributed by atoms with Crippen molar-refractivity contribution in [2.24, 2.45) is 0 Å². The molecule has 106 valence electrons. The van der Waals surface area contributed by atoms with Gasteiger partial charge in [0.1, 0.15) is 5.54 Å². The fourth-order valence-electron chi connectivity index (χ4n) is 2.03. The number of carbonyl (C=O) groups is 2. The smallest absolute Gasteiger partial charge is 0.329 e. The van der Waals surface area contributed by atoms with Crippen molar-refractivity contribution < 1.29 is 14.7 Å². The topological polar surface area (TPSA) is 66.4 Å². The Bertz CT molecular complexity index is 560. The molecule has 6 heteroatoms. The lowest BCUT2D eigenvalue weighted by Crippen LogP contribution is -2.58.